The van der Waals surface area contributed by atoms with Gasteiger partial charge in [-0.1, -0.05) is 115 Å². The lowest BCUT2D eigenvalue weighted by atomic mass is 9.62. The van der Waals surface area contributed by atoms with Gasteiger partial charge in [0.15, 0.2) is 0 Å². The monoisotopic (exact) mass is 538 g/mol. The summed E-state index contributed by atoms with van der Waals surface area (Å²) in [7, 11) is 0. The van der Waals surface area contributed by atoms with Crippen LogP contribution >= 0.6 is 11.8 Å². The molecule has 6 aromatic carbocycles. The Morgan fingerprint density at radius 2 is 1.27 bits per heavy atom. The molecule has 190 valence electrons. The first kappa shape index (κ1) is 22.7. The zero-order chi connectivity index (χ0) is 27.1. The number of hydrogen-bond donors (Lipinski definition) is 0. The summed E-state index contributed by atoms with van der Waals surface area (Å²) >= 11 is 1.86. The highest BCUT2D eigenvalue weighted by Crippen LogP contribution is 2.61. The maximum Gasteiger partial charge on any atom is 0.0991 e. The third kappa shape index (κ3) is 2.82. The van der Waals surface area contributed by atoms with Gasteiger partial charge in [0.1, 0.15) is 0 Å². The van der Waals surface area contributed by atoms with Crippen LogP contribution in [0, 0.1) is 11.3 Å². The summed E-state index contributed by atoms with van der Waals surface area (Å²) in [6.07, 6.45) is 0. The van der Waals surface area contributed by atoms with Crippen molar-refractivity contribution in [2.45, 2.75) is 15.2 Å². The van der Waals surface area contributed by atoms with Crippen molar-refractivity contribution in [3.05, 3.63) is 161 Å². The lowest BCUT2D eigenvalue weighted by Gasteiger charge is -2.45. The first-order valence-corrected chi connectivity index (χ1v) is 14.7. The smallest absolute Gasteiger partial charge is 0.0991 e. The second-order valence-electron chi connectivity index (χ2n) is 10.8. The largest absolute Gasteiger partial charge is 0.309 e. The fourth-order valence-electron chi connectivity index (χ4n) is 7.30. The first-order valence-electron chi connectivity index (χ1n) is 13.8. The van der Waals surface area contributed by atoms with Crippen molar-refractivity contribution in [3.63, 3.8) is 0 Å². The van der Waals surface area contributed by atoms with Gasteiger partial charge in [-0.15, -0.1) is 0 Å². The van der Waals surface area contributed by atoms with E-state index in [-0.39, 0.29) is 0 Å². The number of hydrogen-bond acceptors (Lipinski definition) is 2. The molecule has 0 saturated heterocycles. The van der Waals surface area contributed by atoms with E-state index in [9.17, 15) is 5.26 Å². The SMILES string of the molecule is N#Cc1ccc(-c2cccc3c2Sc2ccccc2C32c3ccccc3-n3c4ccccc4c4cccc2c43)cc1. The molecule has 3 heteroatoms. The quantitative estimate of drug-likeness (QED) is 0.208. The Hall–Kier alpha value is -5.04. The van der Waals surface area contributed by atoms with E-state index in [2.05, 4.69) is 132 Å². The van der Waals surface area contributed by atoms with Crippen molar-refractivity contribution in [2.75, 3.05) is 0 Å². The van der Waals surface area contributed by atoms with Gasteiger partial charge >= 0.3 is 0 Å². The lowest BCUT2D eigenvalue weighted by Crippen LogP contribution is -2.37. The van der Waals surface area contributed by atoms with E-state index in [4.69, 9.17) is 0 Å². The minimum atomic E-state index is -0.486. The van der Waals surface area contributed by atoms with Crippen molar-refractivity contribution in [1.29, 1.82) is 5.26 Å². The van der Waals surface area contributed by atoms with Crippen molar-refractivity contribution < 1.29 is 0 Å². The van der Waals surface area contributed by atoms with Crippen LogP contribution in [0.5, 0.6) is 0 Å². The summed E-state index contributed by atoms with van der Waals surface area (Å²) in [6.45, 7) is 0. The minimum Gasteiger partial charge on any atom is -0.309 e. The Balaban J connectivity index is 1.49. The van der Waals surface area contributed by atoms with Gasteiger partial charge in [-0.25, -0.2) is 0 Å². The predicted molar refractivity (Wildman–Crippen MR) is 167 cm³/mol. The van der Waals surface area contributed by atoms with Gasteiger partial charge in [0, 0.05) is 20.6 Å². The molecular weight excluding hydrogens is 516 g/mol. The van der Waals surface area contributed by atoms with Crippen molar-refractivity contribution in [1.82, 2.24) is 4.57 Å². The molecule has 1 unspecified atom stereocenters. The van der Waals surface area contributed by atoms with E-state index in [1.54, 1.807) is 0 Å². The second-order valence-corrected chi connectivity index (χ2v) is 11.8. The van der Waals surface area contributed by atoms with Gasteiger partial charge in [-0.2, -0.15) is 5.26 Å². The van der Waals surface area contributed by atoms with Gasteiger partial charge in [0.25, 0.3) is 0 Å². The number of nitriles is 1. The van der Waals surface area contributed by atoms with Crippen LogP contribution in [0.3, 0.4) is 0 Å². The van der Waals surface area contributed by atoms with E-state index in [0.717, 1.165) is 5.56 Å². The maximum absolute atomic E-state index is 9.41. The molecule has 1 spiro atoms. The van der Waals surface area contributed by atoms with Crippen molar-refractivity contribution in [3.8, 4) is 22.9 Å². The highest BCUT2D eigenvalue weighted by Gasteiger charge is 2.49. The molecule has 0 saturated carbocycles. The molecule has 2 aliphatic rings. The zero-order valence-electron chi connectivity index (χ0n) is 22.0. The summed E-state index contributed by atoms with van der Waals surface area (Å²) < 4.78 is 2.48. The van der Waals surface area contributed by atoms with Gasteiger partial charge in [-0.05, 0) is 63.7 Å². The normalized spacial score (nSPS) is 16.3. The molecular formula is C38H22N2S. The van der Waals surface area contributed by atoms with Gasteiger partial charge in [-0.3, -0.25) is 0 Å². The molecule has 9 rings (SSSR count). The standard InChI is InChI=1S/C38H22N2S/c39-23-24-19-21-25(22-20-24)26-10-7-15-32-37(26)41-35-18-6-3-13-30(35)38(32)29-12-2-5-17-34(29)40-33-16-4-1-9-27(33)28-11-8-14-31(38)36(28)40/h1-22H. The van der Waals surface area contributed by atoms with E-state index < -0.39 is 5.41 Å². The van der Waals surface area contributed by atoms with E-state index >= 15 is 0 Å². The summed E-state index contributed by atoms with van der Waals surface area (Å²) in [5.74, 6) is 0. The summed E-state index contributed by atoms with van der Waals surface area (Å²) in [6, 6.07) is 50.6. The van der Waals surface area contributed by atoms with Crippen LogP contribution in [0.2, 0.25) is 0 Å². The molecule has 1 aromatic heterocycles. The van der Waals surface area contributed by atoms with Crippen LogP contribution in [0.4, 0.5) is 0 Å². The van der Waals surface area contributed by atoms with Crippen LogP contribution in [-0.2, 0) is 5.41 Å². The molecule has 2 nitrogen and oxygen atoms in total. The van der Waals surface area contributed by atoms with Crippen molar-refractivity contribution >= 4 is 33.6 Å². The highest BCUT2D eigenvalue weighted by atomic mass is 32.2. The molecule has 3 heterocycles. The molecule has 7 aromatic rings. The maximum atomic E-state index is 9.41. The Labute approximate surface area is 242 Å². The fraction of sp³-hybridized carbons (Fsp3) is 0.0263. The van der Waals surface area contributed by atoms with E-state index in [0.29, 0.717) is 5.56 Å². The summed E-state index contributed by atoms with van der Waals surface area (Å²) in [4.78, 5) is 2.55. The van der Waals surface area contributed by atoms with Crippen LogP contribution in [0.15, 0.2) is 143 Å². The molecule has 0 radical (unpaired) electrons. The van der Waals surface area contributed by atoms with Gasteiger partial charge in [0.2, 0.25) is 0 Å². The predicted octanol–water partition coefficient (Wildman–Crippen LogP) is 9.48. The third-order valence-electron chi connectivity index (χ3n) is 8.89. The molecule has 1 atom stereocenters. The fourth-order valence-corrected chi connectivity index (χ4v) is 8.62. The number of aromatic nitrogens is 1. The number of para-hydroxylation sites is 3. The first-order chi connectivity index (χ1) is 20.3. The van der Waals surface area contributed by atoms with E-state index in [1.807, 2.05) is 23.9 Å². The number of nitrogens with zero attached hydrogens (tertiary/aromatic N) is 2. The molecule has 0 N–H and O–H groups in total. The molecule has 0 fully saturated rings. The van der Waals surface area contributed by atoms with Gasteiger partial charge in [0.05, 0.1) is 33.8 Å². The number of rotatable bonds is 1. The number of benzene rings is 6. The number of fused-ring (bicyclic) bond motifs is 11. The topological polar surface area (TPSA) is 28.7 Å². The molecule has 0 bridgehead atoms. The Morgan fingerprint density at radius 1 is 0.585 bits per heavy atom. The van der Waals surface area contributed by atoms with E-state index in [1.165, 1.54) is 65.1 Å². The Morgan fingerprint density at radius 3 is 2.15 bits per heavy atom. The average Bonchev–Trinajstić information content (AvgIpc) is 3.38. The van der Waals surface area contributed by atoms with Crippen molar-refractivity contribution in [2.24, 2.45) is 0 Å². The Kier molecular flexibility index (Phi) is 4.57. The van der Waals surface area contributed by atoms with Crippen LogP contribution in [-0.4, -0.2) is 4.57 Å². The highest BCUT2D eigenvalue weighted by molar-refractivity contribution is 7.99. The van der Waals surface area contributed by atoms with Gasteiger partial charge < -0.3 is 4.57 Å². The van der Waals surface area contributed by atoms with Crippen LogP contribution < -0.4 is 0 Å². The Bertz CT molecular complexity index is 2250. The second kappa shape index (κ2) is 8.24. The molecule has 41 heavy (non-hydrogen) atoms. The average molecular weight is 539 g/mol. The van der Waals surface area contributed by atoms with Crippen LogP contribution in [0.1, 0.15) is 27.8 Å². The molecule has 0 amide bonds. The molecule has 0 aliphatic carbocycles. The van der Waals surface area contributed by atoms with Crippen LogP contribution in [0.25, 0.3) is 38.6 Å². The summed E-state index contributed by atoms with van der Waals surface area (Å²) in [5, 5.41) is 12.0. The third-order valence-corrected chi connectivity index (χ3v) is 10.1. The zero-order valence-corrected chi connectivity index (χ0v) is 22.8. The summed E-state index contributed by atoms with van der Waals surface area (Å²) in [5.41, 5.74) is 11.5. The lowest BCUT2D eigenvalue weighted by molar-refractivity contribution is 0.690. The molecule has 2 aliphatic heterocycles. The minimum absolute atomic E-state index is 0.486.